The van der Waals surface area contributed by atoms with Crippen LogP contribution in [0.3, 0.4) is 0 Å². The van der Waals surface area contributed by atoms with Gasteiger partial charge in [-0.1, -0.05) is 0 Å². The van der Waals surface area contributed by atoms with Crippen LogP contribution in [0.1, 0.15) is 0 Å². The van der Waals surface area contributed by atoms with Crippen molar-refractivity contribution in [1.29, 1.82) is 0 Å². The maximum absolute atomic E-state index is 8.44. The Morgan fingerprint density at radius 3 is 0.778 bits per heavy atom. The van der Waals surface area contributed by atoms with Gasteiger partial charge in [0, 0.05) is 21.1 Å². The summed E-state index contributed by atoms with van der Waals surface area (Å²) in [7, 11) is 0. The molecule has 0 N–H and O–H groups in total. The van der Waals surface area contributed by atoms with Crippen LogP contribution in [0.4, 0.5) is 0 Å². The van der Waals surface area contributed by atoms with E-state index in [1.165, 1.54) is 0 Å². The smallest absolute Gasteiger partial charge is 0 e. The number of rotatable bonds is 0. The van der Waals surface area contributed by atoms with Crippen LogP contribution in [0, 0.1) is 0 Å². The summed E-state index contributed by atoms with van der Waals surface area (Å²) < 4.78 is 50.7. The van der Waals surface area contributed by atoms with E-state index in [1.807, 2.05) is 0 Å². The zero-order valence-electron chi connectivity index (χ0n) is 3.58. The third kappa shape index (κ3) is 600. The van der Waals surface area contributed by atoms with Crippen molar-refractivity contribution in [3.8, 4) is 0 Å². The van der Waals surface area contributed by atoms with Crippen LogP contribution in [0.15, 0.2) is 0 Å². The van der Waals surface area contributed by atoms with E-state index in [9.17, 15) is 0 Å². The van der Waals surface area contributed by atoms with Crippen LogP contribution in [0.25, 0.3) is 0 Å². The van der Waals surface area contributed by atoms with E-state index in [-0.39, 0.29) is 21.1 Å². The molecule has 9 heteroatoms. The molecule has 0 spiro atoms. The van der Waals surface area contributed by atoms with Gasteiger partial charge in [0.05, 0.1) is 0 Å². The molecular formula is O6PtS2-4. The summed E-state index contributed by atoms with van der Waals surface area (Å²) >= 11 is -6.22. The first kappa shape index (κ1) is 16.4. The Balaban J connectivity index is -0.0000000720. The second-order valence-corrected chi connectivity index (χ2v) is 1.22. The predicted molar refractivity (Wildman–Crippen MR) is 19.4 cm³/mol. The van der Waals surface area contributed by atoms with Gasteiger partial charge in [-0.25, -0.2) is 0 Å². The van der Waals surface area contributed by atoms with E-state index in [0.29, 0.717) is 0 Å². The van der Waals surface area contributed by atoms with Gasteiger partial charge in [0.1, 0.15) is 0 Å². The SMILES string of the molecule is O=S([O-])[O-].O=S([O-])[O-].[Pt]. The zero-order chi connectivity index (χ0) is 7.15. The monoisotopic (exact) mass is 355 g/mol. The van der Waals surface area contributed by atoms with Crippen LogP contribution < -0.4 is 0 Å². The molecule has 0 aliphatic heterocycles. The van der Waals surface area contributed by atoms with Crippen molar-refractivity contribution in [2.75, 3.05) is 0 Å². The Kier molecular flexibility index (Phi) is 21.2. The molecule has 0 bridgehead atoms. The quantitative estimate of drug-likeness (QED) is 0.462. The van der Waals surface area contributed by atoms with Crippen molar-refractivity contribution in [3.63, 3.8) is 0 Å². The third-order valence-electron chi connectivity index (χ3n) is 0. The van der Waals surface area contributed by atoms with Gasteiger partial charge in [-0.2, -0.15) is 0 Å². The van der Waals surface area contributed by atoms with Gasteiger partial charge in [-0.05, 0) is 0 Å². The van der Waals surface area contributed by atoms with Crippen molar-refractivity contribution in [1.82, 2.24) is 0 Å². The van der Waals surface area contributed by atoms with Crippen LogP contribution in [-0.2, 0) is 43.8 Å². The van der Waals surface area contributed by atoms with Gasteiger partial charge in [0.2, 0.25) is 0 Å². The van der Waals surface area contributed by atoms with Gasteiger partial charge >= 0.3 is 0 Å². The van der Waals surface area contributed by atoms with E-state index in [4.69, 9.17) is 26.6 Å². The van der Waals surface area contributed by atoms with Gasteiger partial charge < -0.3 is 18.2 Å². The van der Waals surface area contributed by atoms with Crippen molar-refractivity contribution >= 4 is 22.7 Å². The second-order valence-electron chi connectivity index (χ2n) is 0.408. The molecule has 0 aliphatic rings. The molecule has 9 heavy (non-hydrogen) atoms. The van der Waals surface area contributed by atoms with E-state index in [0.717, 1.165) is 0 Å². The van der Waals surface area contributed by atoms with Crippen molar-refractivity contribution in [3.05, 3.63) is 0 Å². The molecule has 0 rings (SSSR count). The van der Waals surface area contributed by atoms with Gasteiger partial charge in [-0.3, -0.25) is 8.42 Å². The summed E-state index contributed by atoms with van der Waals surface area (Å²) in [6.45, 7) is 0. The molecule has 0 aromatic heterocycles. The van der Waals surface area contributed by atoms with E-state index in [2.05, 4.69) is 0 Å². The molecule has 0 radical (unpaired) electrons. The maximum atomic E-state index is 8.44. The Bertz CT molecular complexity index is 69.1. The minimum absolute atomic E-state index is 0. The first-order chi connectivity index (χ1) is 3.46. The van der Waals surface area contributed by atoms with Crippen molar-refractivity contribution in [2.45, 2.75) is 0 Å². The van der Waals surface area contributed by atoms with Crippen LogP contribution in [0.2, 0.25) is 0 Å². The first-order valence-corrected chi connectivity index (χ1v) is 3.00. The van der Waals surface area contributed by atoms with Crippen LogP contribution in [-0.4, -0.2) is 26.6 Å². The molecule has 6 nitrogen and oxygen atoms in total. The minimum Gasteiger partial charge on any atom is -0.784 e. The second kappa shape index (κ2) is 11.6. The molecule has 0 atom stereocenters. The largest absolute Gasteiger partial charge is 0.784 e. The molecule has 0 unspecified atom stereocenters. The van der Waals surface area contributed by atoms with E-state index in [1.54, 1.807) is 0 Å². The molecule has 62 valence electrons. The third-order valence-corrected chi connectivity index (χ3v) is 0. The fraction of sp³-hybridized carbons (Fsp3) is 0. The molecule has 0 aromatic carbocycles. The van der Waals surface area contributed by atoms with Gasteiger partial charge in [0.15, 0.2) is 0 Å². The molecule has 0 heterocycles. The summed E-state index contributed by atoms with van der Waals surface area (Å²) in [6, 6.07) is 0. The first-order valence-electron chi connectivity index (χ1n) is 1.00. The predicted octanol–water partition coefficient (Wildman–Crippen LogP) is -2.01. The number of hydrogen-bond donors (Lipinski definition) is 0. The Labute approximate surface area is 70.5 Å². The maximum Gasteiger partial charge on any atom is 0 e. The average molecular weight is 355 g/mol. The standard InChI is InChI=1S/2H2O3S.Pt/c2*1-4(2)3;/h2*(H2,1,2,3);/p-4. The molecular weight excluding hydrogens is 355 g/mol. The number of hydrogen-bond acceptors (Lipinski definition) is 6. The normalized spacial score (nSPS) is 7.78. The van der Waals surface area contributed by atoms with Crippen LogP contribution >= 0.6 is 0 Å². The average Bonchev–Trinajstić information content (AvgIpc) is 1.25. The Hall–Kier alpha value is 0.828. The van der Waals surface area contributed by atoms with Crippen molar-refractivity contribution in [2.24, 2.45) is 0 Å². The summed E-state index contributed by atoms with van der Waals surface area (Å²) in [6.07, 6.45) is 0. The van der Waals surface area contributed by atoms with Crippen molar-refractivity contribution < 1.29 is 47.7 Å². The Morgan fingerprint density at radius 1 is 0.778 bits per heavy atom. The summed E-state index contributed by atoms with van der Waals surface area (Å²) in [5, 5.41) is 0. The molecule has 0 saturated carbocycles. The molecule has 0 fully saturated rings. The van der Waals surface area contributed by atoms with E-state index >= 15 is 0 Å². The minimum atomic E-state index is -3.11. The molecule has 0 amide bonds. The molecule has 0 aromatic rings. The summed E-state index contributed by atoms with van der Waals surface area (Å²) in [5.74, 6) is 0. The van der Waals surface area contributed by atoms with Crippen LogP contribution in [0.5, 0.6) is 0 Å². The summed E-state index contributed by atoms with van der Waals surface area (Å²) in [5.41, 5.74) is 0. The molecule has 0 saturated heterocycles. The fourth-order valence-electron chi connectivity index (χ4n) is 0. The Morgan fingerprint density at radius 2 is 0.778 bits per heavy atom. The molecule has 0 aliphatic carbocycles. The topological polar surface area (TPSA) is 126 Å². The zero-order valence-corrected chi connectivity index (χ0v) is 7.49. The fourth-order valence-corrected chi connectivity index (χ4v) is 0. The van der Waals surface area contributed by atoms with E-state index < -0.39 is 22.7 Å². The van der Waals surface area contributed by atoms with Gasteiger partial charge in [0.25, 0.3) is 0 Å². The summed E-state index contributed by atoms with van der Waals surface area (Å²) in [4.78, 5) is 0. The van der Waals surface area contributed by atoms with Gasteiger partial charge in [-0.15, -0.1) is 22.7 Å².